The minimum Gasteiger partial charge on any atom is -0.490 e. The second kappa shape index (κ2) is 7.43. The highest BCUT2D eigenvalue weighted by Crippen LogP contribution is 2.27. The van der Waals surface area contributed by atoms with Crippen molar-refractivity contribution in [1.29, 1.82) is 5.41 Å². The van der Waals surface area contributed by atoms with Gasteiger partial charge >= 0.3 is 0 Å². The number of rotatable bonds is 4. The standard InChI is InChI=1S/C16H15Cl2N3O.BrH/c1-20-13-4-2-3-5-14(13)21(16(20)19)8-9-22-15-7-6-11(17)10-12(15)18;/h2-7,10,19H,8-9H2,1H3;1H. The zero-order chi connectivity index (χ0) is 15.7. The van der Waals surface area contributed by atoms with Crippen LogP contribution in [-0.4, -0.2) is 15.7 Å². The maximum Gasteiger partial charge on any atom is 0.202 e. The summed E-state index contributed by atoms with van der Waals surface area (Å²) in [6, 6.07) is 13.1. The summed E-state index contributed by atoms with van der Waals surface area (Å²) in [6.07, 6.45) is 0. The molecule has 0 bridgehead atoms. The summed E-state index contributed by atoms with van der Waals surface area (Å²) in [5.74, 6) is 0.596. The summed E-state index contributed by atoms with van der Waals surface area (Å²) in [5.41, 5.74) is 2.48. The molecule has 0 unspecified atom stereocenters. The third-order valence-electron chi connectivity index (χ3n) is 3.57. The number of hydrogen-bond donors (Lipinski definition) is 1. The Morgan fingerprint density at radius 3 is 2.48 bits per heavy atom. The Balaban J connectivity index is 0.00000192. The first-order valence-corrected chi connectivity index (χ1v) is 7.60. The van der Waals surface area contributed by atoms with Crippen LogP contribution < -0.4 is 10.4 Å². The van der Waals surface area contributed by atoms with E-state index in [0.717, 1.165) is 11.0 Å². The summed E-state index contributed by atoms with van der Waals surface area (Å²) in [6.45, 7) is 0.991. The van der Waals surface area contributed by atoms with E-state index in [9.17, 15) is 0 Å². The molecule has 0 aliphatic rings. The van der Waals surface area contributed by atoms with Gasteiger partial charge in [-0.25, -0.2) is 0 Å². The second-order valence-corrected chi connectivity index (χ2v) is 5.79. The highest BCUT2D eigenvalue weighted by atomic mass is 79.9. The first-order chi connectivity index (χ1) is 10.6. The summed E-state index contributed by atoms with van der Waals surface area (Å²) in [7, 11) is 1.89. The number of aromatic nitrogens is 2. The van der Waals surface area contributed by atoms with Crippen LogP contribution in [0, 0.1) is 5.41 Å². The first kappa shape index (κ1) is 17.9. The molecule has 23 heavy (non-hydrogen) atoms. The van der Waals surface area contributed by atoms with Crippen LogP contribution >= 0.6 is 40.2 Å². The van der Waals surface area contributed by atoms with Crippen molar-refractivity contribution in [3.8, 4) is 5.75 Å². The van der Waals surface area contributed by atoms with Crippen molar-refractivity contribution < 1.29 is 4.74 Å². The molecule has 0 spiro atoms. The molecule has 0 radical (unpaired) electrons. The van der Waals surface area contributed by atoms with Gasteiger partial charge in [0.1, 0.15) is 12.4 Å². The van der Waals surface area contributed by atoms with E-state index in [1.54, 1.807) is 18.2 Å². The lowest BCUT2D eigenvalue weighted by molar-refractivity contribution is 0.297. The van der Waals surface area contributed by atoms with Crippen LogP contribution in [0.4, 0.5) is 0 Å². The van der Waals surface area contributed by atoms with Gasteiger partial charge in [-0.15, -0.1) is 17.0 Å². The van der Waals surface area contributed by atoms with Crippen molar-refractivity contribution in [3.63, 3.8) is 0 Å². The van der Waals surface area contributed by atoms with E-state index in [0.29, 0.717) is 34.6 Å². The third kappa shape index (κ3) is 3.57. The molecule has 7 heteroatoms. The number of nitrogens with one attached hydrogen (secondary N) is 1. The van der Waals surface area contributed by atoms with Crippen molar-refractivity contribution in [2.75, 3.05) is 6.61 Å². The van der Waals surface area contributed by atoms with Crippen LogP contribution in [-0.2, 0) is 13.6 Å². The quantitative estimate of drug-likeness (QED) is 0.671. The fourth-order valence-electron chi connectivity index (χ4n) is 2.45. The number of halogens is 3. The van der Waals surface area contributed by atoms with Crippen LogP contribution in [0.25, 0.3) is 11.0 Å². The highest BCUT2D eigenvalue weighted by molar-refractivity contribution is 8.93. The summed E-state index contributed by atoms with van der Waals surface area (Å²) < 4.78 is 9.47. The Labute approximate surface area is 154 Å². The molecule has 0 aliphatic heterocycles. The lowest BCUT2D eigenvalue weighted by Gasteiger charge is -2.09. The van der Waals surface area contributed by atoms with Gasteiger partial charge in [0.25, 0.3) is 0 Å². The van der Waals surface area contributed by atoms with Gasteiger partial charge in [-0.3, -0.25) is 5.41 Å². The molecule has 4 nitrogen and oxygen atoms in total. The fourth-order valence-corrected chi connectivity index (χ4v) is 2.91. The Bertz CT molecular complexity index is 889. The van der Waals surface area contributed by atoms with Crippen LogP contribution in [0.2, 0.25) is 10.0 Å². The van der Waals surface area contributed by atoms with Gasteiger partial charge in [0.15, 0.2) is 0 Å². The van der Waals surface area contributed by atoms with Crippen molar-refractivity contribution in [3.05, 3.63) is 58.1 Å². The monoisotopic (exact) mass is 415 g/mol. The van der Waals surface area contributed by atoms with Crippen molar-refractivity contribution >= 4 is 51.2 Å². The Morgan fingerprint density at radius 2 is 1.78 bits per heavy atom. The number of hydrogen-bond acceptors (Lipinski definition) is 2. The summed E-state index contributed by atoms with van der Waals surface area (Å²) in [4.78, 5) is 0. The molecule has 0 saturated carbocycles. The van der Waals surface area contributed by atoms with Crippen molar-refractivity contribution in [2.24, 2.45) is 7.05 Å². The maximum atomic E-state index is 8.20. The maximum absolute atomic E-state index is 8.20. The second-order valence-electron chi connectivity index (χ2n) is 4.95. The smallest absolute Gasteiger partial charge is 0.202 e. The average Bonchev–Trinajstić information content (AvgIpc) is 2.75. The molecule has 122 valence electrons. The normalized spacial score (nSPS) is 10.6. The average molecular weight is 417 g/mol. The summed E-state index contributed by atoms with van der Waals surface area (Å²) in [5, 5.41) is 9.27. The number of ether oxygens (including phenoxy) is 1. The van der Waals surface area contributed by atoms with Gasteiger partial charge in [0, 0.05) is 12.1 Å². The van der Waals surface area contributed by atoms with Gasteiger partial charge in [0.2, 0.25) is 5.62 Å². The molecular weight excluding hydrogens is 401 g/mol. The lowest BCUT2D eigenvalue weighted by atomic mass is 10.3. The van der Waals surface area contributed by atoms with Crippen LogP contribution in [0.1, 0.15) is 0 Å². The molecule has 0 saturated heterocycles. The number of aryl methyl sites for hydroxylation is 1. The molecule has 0 aliphatic carbocycles. The molecule has 3 aromatic rings. The number of fused-ring (bicyclic) bond motifs is 1. The highest BCUT2D eigenvalue weighted by Gasteiger charge is 2.08. The topological polar surface area (TPSA) is 42.9 Å². The molecule has 3 rings (SSSR count). The van der Waals surface area contributed by atoms with E-state index in [2.05, 4.69) is 0 Å². The minimum absolute atomic E-state index is 0. The van der Waals surface area contributed by atoms with Gasteiger partial charge in [0.05, 0.1) is 22.6 Å². The zero-order valence-electron chi connectivity index (χ0n) is 12.4. The van der Waals surface area contributed by atoms with Crippen molar-refractivity contribution in [2.45, 2.75) is 6.54 Å². The Kier molecular flexibility index (Phi) is 5.79. The van der Waals surface area contributed by atoms with Crippen molar-refractivity contribution in [1.82, 2.24) is 9.13 Å². The van der Waals surface area contributed by atoms with E-state index >= 15 is 0 Å². The number of imidazole rings is 1. The van der Waals surface area contributed by atoms with E-state index in [4.69, 9.17) is 33.3 Å². The largest absolute Gasteiger partial charge is 0.490 e. The minimum atomic E-state index is 0. The number of para-hydroxylation sites is 2. The van der Waals surface area contributed by atoms with Gasteiger partial charge in [-0.2, -0.15) is 0 Å². The van der Waals surface area contributed by atoms with Crippen LogP contribution in [0.3, 0.4) is 0 Å². The van der Waals surface area contributed by atoms with E-state index in [-0.39, 0.29) is 17.0 Å². The third-order valence-corrected chi connectivity index (χ3v) is 4.10. The van der Waals surface area contributed by atoms with Crippen LogP contribution in [0.5, 0.6) is 5.75 Å². The Hall–Kier alpha value is -1.43. The Morgan fingerprint density at radius 1 is 1.09 bits per heavy atom. The van der Waals surface area contributed by atoms with Gasteiger partial charge < -0.3 is 13.9 Å². The number of benzene rings is 2. The van der Waals surface area contributed by atoms with E-state index < -0.39 is 0 Å². The molecule has 0 amide bonds. The molecule has 0 atom stereocenters. The van der Waals surface area contributed by atoms with Crippen LogP contribution in [0.15, 0.2) is 42.5 Å². The van der Waals surface area contributed by atoms with E-state index in [1.807, 2.05) is 40.4 Å². The summed E-state index contributed by atoms with van der Waals surface area (Å²) >= 11 is 11.9. The molecule has 2 aromatic carbocycles. The fraction of sp³-hybridized carbons (Fsp3) is 0.188. The molecule has 1 heterocycles. The first-order valence-electron chi connectivity index (χ1n) is 6.84. The molecule has 1 aromatic heterocycles. The molecular formula is C16H16BrCl2N3O. The van der Waals surface area contributed by atoms with Gasteiger partial charge in [-0.05, 0) is 30.3 Å². The number of nitrogens with zero attached hydrogens (tertiary/aromatic N) is 2. The predicted molar refractivity (Wildman–Crippen MR) is 99.0 cm³/mol. The lowest BCUT2D eigenvalue weighted by Crippen LogP contribution is -2.24. The molecule has 1 N–H and O–H groups in total. The van der Waals surface area contributed by atoms with E-state index in [1.165, 1.54) is 0 Å². The van der Waals surface area contributed by atoms with Gasteiger partial charge in [-0.1, -0.05) is 35.3 Å². The predicted octanol–water partition coefficient (Wildman–Crippen LogP) is 4.42. The zero-order valence-corrected chi connectivity index (χ0v) is 15.6. The molecule has 0 fully saturated rings. The SMILES string of the molecule is Br.Cn1c(=N)n(CCOc2ccc(Cl)cc2Cl)c2ccccc21.